The molecule has 0 aromatic carbocycles. The van der Waals surface area contributed by atoms with E-state index < -0.39 is 0 Å². The molecule has 0 bridgehead atoms. The van der Waals surface area contributed by atoms with Crippen LogP contribution in [0, 0.1) is 34.5 Å². The fourth-order valence-electron chi connectivity index (χ4n) is 7.69. The minimum absolute atomic E-state index is 0.0289. The molecule has 152 valence electrons. The van der Waals surface area contributed by atoms with E-state index >= 15 is 0 Å². The molecular weight excluding hydrogens is 352 g/mol. The standard InChI is InChI=1S/C24H32O4/c1-13(12-25)17-7-8-18-16-6-5-15-11-20(27-14(2)26)21-22(28-21)24(15,4)19(16)9-10-23(17,18)3/h5-6,12-13,17-22H,7-11H2,1-4H3/t13?,17-,18+,19+,20-,21+,22+,23-,24+/m1/s1. The van der Waals surface area contributed by atoms with Crippen molar-refractivity contribution in [1.29, 1.82) is 0 Å². The highest BCUT2D eigenvalue weighted by molar-refractivity contribution is 5.66. The molecule has 5 rings (SSSR count). The van der Waals surface area contributed by atoms with E-state index in [1.54, 1.807) is 5.57 Å². The van der Waals surface area contributed by atoms with Gasteiger partial charge in [-0.05, 0) is 48.9 Å². The normalized spacial score (nSPS) is 49.4. The summed E-state index contributed by atoms with van der Waals surface area (Å²) >= 11 is 0. The lowest BCUT2D eigenvalue weighted by atomic mass is 9.50. The first-order chi connectivity index (χ1) is 13.3. The highest BCUT2D eigenvalue weighted by Gasteiger charge is 2.67. The van der Waals surface area contributed by atoms with E-state index in [2.05, 4.69) is 32.9 Å². The van der Waals surface area contributed by atoms with Crippen molar-refractivity contribution in [3.05, 3.63) is 23.3 Å². The average Bonchev–Trinajstić information content (AvgIpc) is 3.39. The number of ether oxygens (including phenoxy) is 2. The fourth-order valence-corrected chi connectivity index (χ4v) is 7.69. The first-order valence-corrected chi connectivity index (χ1v) is 11.0. The molecule has 0 N–H and O–H groups in total. The van der Waals surface area contributed by atoms with Crippen molar-refractivity contribution in [2.45, 2.75) is 78.1 Å². The molecule has 4 heteroatoms. The first-order valence-electron chi connectivity index (χ1n) is 11.0. The third kappa shape index (κ3) is 2.33. The van der Waals surface area contributed by atoms with Gasteiger partial charge in [0.2, 0.25) is 0 Å². The second-order valence-corrected chi connectivity index (χ2v) is 10.3. The Morgan fingerprint density at radius 3 is 2.75 bits per heavy atom. The number of hydrogen-bond acceptors (Lipinski definition) is 4. The van der Waals surface area contributed by atoms with Crippen LogP contribution in [0.5, 0.6) is 0 Å². The van der Waals surface area contributed by atoms with Gasteiger partial charge in [0.15, 0.2) is 0 Å². The smallest absolute Gasteiger partial charge is 0.303 e. The summed E-state index contributed by atoms with van der Waals surface area (Å²) in [6, 6.07) is 0. The molecule has 3 saturated carbocycles. The predicted molar refractivity (Wildman–Crippen MR) is 105 cm³/mol. The molecule has 1 unspecified atom stereocenters. The molecule has 4 aliphatic carbocycles. The Labute approximate surface area is 167 Å². The summed E-state index contributed by atoms with van der Waals surface area (Å²) in [5.74, 6) is 1.53. The monoisotopic (exact) mass is 384 g/mol. The molecule has 1 heterocycles. The van der Waals surface area contributed by atoms with E-state index in [9.17, 15) is 9.59 Å². The lowest BCUT2D eigenvalue weighted by molar-refractivity contribution is -0.147. The molecule has 28 heavy (non-hydrogen) atoms. The van der Waals surface area contributed by atoms with Crippen LogP contribution in [0.15, 0.2) is 23.3 Å². The van der Waals surface area contributed by atoms with Gasteiger partial charge >= 0.3 is 5.97 Å². The summed E-state index contributed by atoms with van der Waals surface area (Å²) in [5.41, 5.74) is 3.26. The Bertz CT molecular complexity index is 781. The van der Waals surface area contributed by atoms with Crippen molar-refractivity contribution < 1.29 is 19.1 Å². The molecule has 0 aromatic heterocycles. The van der Waals surface area contributed by atoms with E-state index in [0.717, 1.165) is 19.1 Å². The molecule has 5 aliphatic rings. The Kier molecular flexibility index (Phi) is 4.01. The number of esters is 1. The van der Waals surface area contributed by atoms with E-state index in [1.165, 1.54) is 31.8 Å². The number of aldehydes is 1. The van der Waals surface area contributed by atoms with Gasteiger partial charge in [0.1, 0.15) is 18.5 Å². The minimum Gasteiger partial charge on any atom is -0.459 e. The third-order valence-electron chi connectivity index (χ3n) is 9.15. The van der Waals surface area contributed by atoms with Crippen LogP contribution in [0.1, 0.15) is 59.8 Å². The van der Waals surface area contributed by atoms with Gasteiger partial charge < -0.3 is 14.3 Å². The Morgan fingerprint density at radius 1 is 1.25 bits per heavy atom. The zero-order valence-electron chi connectivity index (χ0n) is 17.4. The second-order valence-electron chi connectivity index (χ2n) is 10.3. The maximum atomic E-state index is 11.5. The second kappa shape index (κ2) is 6.04. The molecule has 0 spiro atoms. The minimum atomic E-state index is -0.217. The number of hydrogen-bond donors (Lipinski definition) is 0. The molecular formula is C24H32O4. The number of carbonyl (C=O) groups is 2. The largest absolute Gasteiger partial charge is 0.459 e. The number of allylic oxidation sites excluding steroid dienone is 3. The summed E-state index contributed by atoms with van der Waals surface area (Å²) < 4.78 is 11.7. The van der Waals surface area contributed by atoms with Crippen LogP contribution in [0.3, 0.4) is 0 Å². The van der Waals surface area contributed by atoms with Crippen LogP contribution in [0.2, 0.25) is 0 Å². The highest BCUT2D eigenvalue weighted by Crippen LogP contribution is 2.68. The summed E-state index contributed by atoms with van der Waals surface area (Å²) in [6.07, 6.45) is 11.5. The topological polar surface area (TPSA) is 55.9 Å². The molecule has 4 nitrogen and oxygen atoms in total. The van der Waals surface area contributed by atoms with E-state index in [4.69, 9.17) is 9.47 Å². The van der Waals surface area contributed by atoms with E-state index in [-0.39, 0.29) is 41.0 Å². The first kappa shape index (κ1) is 18.6. The lowest BCUT2D eigenvalue weighted by Gasteiger charge is -2.54. The molecule has 9 atom stereocenters. The average molecular weight is 385 g/mol. The zero-order valence-corrected chi connectivity index (χ0v) is 17.4. The Hall–Kier alpha value is -1.42. The highest BCUT2D eigenvalue weighted by atomic mass is 16.6. The maximum Gasteiger partial charge on any atom is 0.303 e. The van der Waals surface area contributed by atoms with E-state index in [0.29, 0.717) is 17.8 Å². The van der Waals surface area contributed by atoms with Crippen molar-refractivity contribution in [1.82, 2.24) is 0 Å². The summed E-state index contributed by atoms with van der Waals surface area (Å²) in [4.78, 5) is 23.0. The van der Waals surface area contributed by atoms with Gasteiger partial charge in [-0.3, -0.25) is 4.79 Å². The Morgan fingerprint density at radius 2 is 2.04 bits per heavy atom. The third-order valence-corrected chi connectivity index (χ3v) is 9.15. The van der Waals surface area contributed by atoms with Crippen molar-refractivity contribution in [2.75, 3.05) is 0 Å². The molecule has 1 saturated heterocycles. The molecule has 1 aliphatic heterocycles. The number of rotatable bonds is 3. The van der Waals surface area contributed by atoms with Gasteiger partial charge in [-0.2, -0.15) is 0 Å². The zero-order chi connectivity index (χ0) is 19.8. The SMILES string of the molecule is CC(=O)O[C@@H]1CC2=CC=C3[C@@H]4CC[C@H](C(C)C=O)[C@@]4(C)CC[C@@H]3[C@@]2(C)[C@H]2O[C@@H]12. The van der Waals surface area contributed by atoms with Gasteiger partial charge in [0.05, 0.1) is 6.10 Å². The molecule has 0 radical (unpaired) electrons. The van der Waals surface area contributed by atoms with Gasteiger partial charge in [0.25, 0.3) is 0 Å². The molecule has 0 amide bonds. The number of epoxide rings is 1. The van der Waals surface area contributed by atoms with Gasteiger partial charge in [-0.1, -0.05) is 44.1 Å². The molecule has 0 aromatic rings. The maximum absolute atomic E-state index is 11.5. The van der Waals surface area contributed by atoms with Crippen molar-refractivity contribution in [3.63, 3.8) is 0 Å². The van der Waals surface area contributed by atoms with E-state index in [1.807, 2.05) is 0 Å². The predicted octanol–water partition coefficient (Wildman–Crippen LogP) is 4.24. The number of carbonyl (C=O) groups excluding carboxylic acids is 2. The number of fused-ring (bicyclic) bond motifs is 7. The van der Waals surface area contributed by atoms with Gasteiger partial charge in [-0.25, -0.2) is 0 Å². The van der Waals surface area contributed by atoms with Crippen LogP contribution >= 0.6 is 0 Å². The van der Waals surface area contributed by atoms with Crippen molar-refractivity contribution in [2.24, 2.45) is 34.5 Å². The molecule has 4 fully saturated rings. The van der Waals surface area contributed by atoms with Crippen molar-refractivity contribution >= 4 is 12.3 Å². The van der Waals surface area contributed by atoms with Gasteiger partial charge in [-0.15, -0.1) is 0 Å². The van der Waals surface area contributed by atoms with Crippen LogP contribution < -0.4 is 0 Å². The lowest BCUT2D eigenvalue weighted by Crippen LogP contribution is -2.50. The van der Waals surface area contributed by atoms with Gasteiger partial charge in [0, 0.05) is 24.7 Å². The van der Waals surface area contributed by atoms with Crippen LogP contribution in [0.4, 0.5) is 0 Å². The summed E-state index contributed by atoms with van der Waals surface area (Å²) in [7, 11) is 0. The van der Waals surface area contributed by atoms with Crippen LogP contribution in [0.25, 0.3) is 0 Å². The van der Waals surface area contributed by atoms with Crippen LogP contribution in [-0.2, 0) is 19.1 Å². The summed E-state index contributed by atoms with van der Waals surface area (Å²) in [6.45, 7) is 8.40. The summed E-state index contributed by atoms with van der Waals surface area (Å²) in [5, 5.41) is 0. The van der Waals surface area contributed by atoms with Crippen molar-refractivity contribution in [3.8, 4) is 0 Å². The Balaban J connectivity index is 1.48. The fraction of sp³-hybridized carbons (Fsp3) is 0.750. The quantitative estimate of drug-likeness (QED) is 0.415. The van der Waals surface area contributed by atoms with Crippen LogP contribution in [-0.4, -0.2) is 30.6 Å².